The van der Waals surface area contributed by atoms with E-state index in [1.807, 2.05) is 12.4 Å². The first kappa shape index (κ1) is 28.6. The summed E-state index contributed by atoms with van der Waals surface area (Å²) in [5.74, 6) is 1.11. The van der Waals surface area contributed by atoms with E-state index in [1.165, 1.54) is 45.5 Å². The van der Waals surface area contributed by atoms with Gasteiger partial charge in [-0.25, -0.2) is 0 Å². The van der Waals surface area contributed by atoms with E-state index in [1.54, 1.807) is 19.1 Å². The van der Waals surface area contributed by atoms with Gasteiger partial charge in [-0.15, -0.1) is 0 Å². The van der Waals surface area contributed by atoms with E-state index >= 15 is 0 Å². The van der Waals surface area contributed by atoms with Crippen LogP contribution in [-0.4, -0.2) is 53.6 Å². The molecule has 2 aliphatic rings. The smallest absolute Gasteiger partial charge is 0.242 e. The molecule has 2 aromatic heterocycles. The van der Waals surface area contributed by atoms with Crippen LogP contribution in [0.3, 0.4) is 0 Å². The number of para-hydroxylation sites is 1. The predicted molar refractivity (Wildman–Crippen MR) is 171 cm³/mol. The lowest BCUT2D eigenvalue weighted by molar-refractivity contribution is -0.134. The number of fused-ring (bicyclic) bond motifs is 1. The maximum Gasteiger partial charge on any atom is 0.242 e. The van der Waals surface area contributed by atoms with Gasteiger partial charge in [0.2, 0.25) is 5.91 Å². The summed E-state index contributed by atoms with van der Waals surface area (Å²) < 4.78 is 11.1. The largest absolute Gasteiger partial charge is 0.497 e. The molecule has 1 N–H and O–H groups in total. The first-order valence-electron chi connectivity index (χ1n) is 15.0. The van der Waals surface area contributed by atoms with Crippen molar-refractivity contribution in [2.75, 3.05) is 38.2 Å². The number of anilines is 1. The Balaban J connectivity index is 1.06. The number of ether oxygens (including phenoxy) is 1. The highest BCUT2D eigenvalue weighted by atomic mass is 32.2. The lowest BCUT2D eigenvalue weighted by atomic mass is 9.71. The van der Waals surface area contributed by atoms with E-state index in [0.29, 0.717) is 18.5 Å². The minimum absolute atomic E-state index is 0.221. The Morgan fingerprint density at radius 3 is 2.36 bits per heavy atom. The lowest BCUT2D eigenvalue weighted by Gasteiger charge is -2.47. The third-order valence-electron chi connectivity index (χ3n) is 9.31. The fourth-order valence-corrected chi connectivity index (χ4v) is 7.57. The van der Waals surface area contributed by atoms with Gasteiger partial charge in [0.1, 0.15) is 12.3 Å². The molecule has 0 radical (unpaired) electrons. The highest BCUT2D eigenvalue weighted by Crippen LogP contribution is 2.42. The standard InChI is InChI=1S/C34H41N5O2S/c1-25-21-30(41-3)22-26(2)33(25)42-36-23-28-6-4-5-27-9-16-39(32(27)28)24-31(40)38-19-12-34(13-20-38)10-17-37(18-11-34)29-7-14-35-15-8-29/h4-9,14-16,21-22,36H,10-13,17-20,23-24H2,1-3H3. The topological polar surface area (TPSA) is 62.6 Å². The highest BCUT2D eigenvalue weighted by molar-refractivity contribution is 7.97. The van der Waals surface area contributed by atoms with Crippen LogP contribution in [0.4, 0.5) is 5.69 Å². The number of hydrogen-bond acceptors (Lipinski definition) is 6. The summed E-state index contributed by atoms with van der Waals surface area (Å²) in [6.07, 6.45) is 10.4. The van der Waals surface area contributed by atoms with Crippen molar-refractivity contribution in [3.05, 3.63) is 83.8 Å². The number of rotatable bonds is 8. The van der Waals surface area contributed by atoms with Gasteiger partial charge in [-0.2, -0.15) is 0 Å². The number of amides is 1. The molecule has 8 heteroatoms. The number of carbonyl (C=O) groups is 1. The summed E-state index contributed by atoms with van der Waals surface area (Å²) in [6, 6.07) is 16.9. The lowest BCUT2D eigenvalue weighted by Crippen LogP contribution is -2.48. The number of carbonyl (C=O) groups excluding carboxylic acids is 1. The van der Waals surface area contributed by atoms with Gasteiger partial charge in [0, 0.05) is 61.9 Å². The number of likely N-dealkylation sites (tertiary alicyclic amines) is 1. The molecule has 0 unspecified atom stereocenters. The Kier molecular flexibility index (Phi) is 8.45. The van der Waals surface area contributed by atoms with Crippen LogP contribution in [0.5, 0.6) is 5.75 Å². The van der Waals surface area contributed by atoms with E-state index in [-0.39, 0.29) is 5.91 Å². The molecule has 4 heterocycles. The van der Waals surface area contributed by atoms with Crippen LogP contribution in [-0.2, 0) is 17.9 Å². The molecule has 7 nitrogen and oxygen atoms in total. The quantitative estimate of drug-likeness (QED) is 0.243. The third-order valence-corrected chi connectivity index (χ3v) is 10.4. The van der Waals surface area contributed by atoms with Crippen molar-refractivity contribution in [3.63, 3.8) is 0 Å². The van der Waals surface area contributed by atoms with Crippen molar-refractivity contribution in [1.29, 1.82) is 0 Å². The fourth-order valence-electron chi connectivity index (χ4n) is 6.76. The van der Waals surface area contributed by atoms with Gasteiger partial charge in [0.25, 0.3) is 0 Å². The van der Waals surface area contributed by atoms with E-state index < -0.39 is 0 Å². The number of methoxy groups -OCH3 is 1. The minimum atomic E-state index is 0.221. The average molecular weight is 584 g/mol. The second kappa shape index (κ2) is 12.4. The summed E-state index contributed by atoms with van der Waals surface area (Å²) >= 11 is 1.65. The number of hydrogen-bond donors (Lipinski definition) is 1. The summed E-state index contributed by atoms with van der Waals surface area (Å²) in [7, 11) is 1.70. The summed E-state index contributed by atoms with van der Waals surface area (Å²) in [6.45, 7) is 9.20. The molecule has 2 aliphatic heterocycles. The number of nitrogens with one attached hydrogen (secondary N) is 1. The zero-order chi connectivity index (χ0) is 29.1. The SMILES string of the molecule is COc1cc(C)c(SNCc2cccc3ccn(CC(=O)N4CCC5(CC4)CCN(c4ccncc4)CC5)c23)c(C)c1. The van der Waals surface area contributed by atoms with E-state index in [9.17, 15) is 4.79 Å². The van der Waals surface area contributed by atoms with Gasteiger partial charge >= 0.3 is 0 Å². The first-order valence-corrected chi connectivity index (χ1v) is 15.8. The average Bonchev–Trinajstić information content (AvgIpc) is 3.43. The van der Waals surface area contributed by atoms with Crippen LogP contribution in [0.25, 0.3) is 10.9 Å². The highest BCUT2D eigenvalue weighted by Gasteiger charge is 2.38. The molecule has 4 aromatic rings. The van der Waals surface area contributed by atoms with Gasteiger partial charge in [0.15, 0.2) is 0 Å². The molecule has 0 saturated carbocycles. The molecule has 1 spiro atoms. The summed E-state index contributed by atoms with van der Waals surface area (Å²) in [4.78, 5) is 23.5. The monoisotopic (exact) mass is 583 g/mol. The Bertz CT molecular complexity index is 1510. The van der Waals surface area contributed by atoms with Crippen molar-refractivity contribution >= 4 is 34.4 Å². The number of nitrogens with zero attached hydrogens (tertiary/aromatic N) is 4. The van der Waals surface area contributed by atoms with Gasteiger partial charge in [-0.05, 0) is 109 Å². The van der Waals surface area contributed by atoms with Crippen molar-refractivity contribution in [2.45, 2.75) is 57.5 Å². The van der Waals surface area contributed by atoms with Crippen LogP contribution in [0, 0.1) is 19.3 Å². The van der Waals surface area contributed by atoms with E-state index in [4.69, 9.17) is 4.74 Å². The Morgan fingerprint density at radius 1 is 0.976 bits per heavy atom. The van der Waals surface area contributed by atoms with Crippen LogP contribution < -0.4 is 14.4 Å². The second-order valence-corrected chi connectivity index (χ2v) is 12.8. The van der Waals surface area contributed by atoms with Crippen LogP contribution in [0.2, 0.25) is 0 Å². The van der Waals surface area contributed by atoms with E-state index in [2.05, 4.69) is 92.6 Å². The second-order valence-electron chi connectivity index (χ2n) is 11.9. The molecule has 6 rings (SSSR count). The molecule has 220 valence electrons. The number of piperidine rings is 2. The number of pyridine rings is 1. The fraction of sp³-hybridized carbons (Fsp3) is 0.412. The van der Waals surface area contributed by atoms with Crippen molar-refractivity contribution in [2.24, 2.45) is 5.41 Å². The molecule has 0 bridgehead atoms. The molecular weight excluding hydrogens is 542 g/mol. The van der Waals surface area contributed by atoms with Crippen molar-refractivity contribution < 1.29 is 9.53 Å². The van der Waals surface area contributed by atoms with Gasteiger partial charge in [0.05, 0.1) is 12.6 Å². The number of aromatic nitrogens is 2. The molecule has 0 atom stereocenters. The third kappa shape index (κ3) is 6.01. The normalized spacial score (nSPS) is 16.7. The summed E-state index contributed by atoms with van der Waals surface area (Å²) in [5, 5.41) is 1.17. The number of benzene rings is 2. The van der Waals surface area contributed by atoms with Gasteiger partial charge in [-0.3, -0.25) is 14.5 Å². The molecule has 42 heavy (non-hydrogen) atoms. The Morgan fingerprint density at radius 2 is 1.67 bits per heavy atom. The predicted octanol–water partition coefficient (Wildman–Crippen LogP) is 6.37. The van der Waals surface area contributed by atoms with Crippen LogP contribution in [0.15, 0.2) is 72.0 Å². The first-order chi connectivity index (χ1) is 20.4. The summed E-state index contributed by atoms with van der Waals surface area (Å²) in [5.41, 5.74) is 6.36. The Hall–Kier alpha value is -3.49. The molecule has 0 aliphatic carbocycles. The zero-order valence-electron chi connectivity index (χ0n) is 24.9. The van der Waals surface area contributed by atoms with E-state index in [0.717, 1.165) is 50.3 Å². The van der Waals surface area contributed by atoms with Crippen molar-refractivity contribution in [1.82, 2.24) is 19.2 Å². The van der Waals surface area contributed by atoms with Crippen LogP contribution in [0.1, 0.15) is 42.4 Å². The number of aryl methyl sites for hydroxylation is 2. The molecule has 1 amide bonds. The maximum atomic E-state index is 13.5. The minimum Gasteiger partial charge on any atom is -0.497 e. The Labute approximate surface area is 253 Å². The van der Waals surface area contributed by atoms with Gasteiger partial charge < -0.3 is 19.1 Å². The van der Waals surface area contributed by atoms with Crippen molar-refractivity contribution in [3.8, 4) is 5.75 Å². The molecule has 2 fully saturated rings. The molecule has 2 saturated heterocycles. The molecular formula is C34H41N5O2S. The maximum absolute atomic E-state index is 13.5. The van der Waals surface area contributed by atoms with Gasteiger partial charge in [-0.1, -0.05) is 18.2 Å². The molecule has 2 aromatic carbocycles. The zero-order valence-corrected chi connectivity index (χ0v) is 25.8. The van der Waals surface area contributed by atoms with Crippen LogP contribution >= 0.6 is 11.9 Å².